The molecule has 0 unspecified atom stereocenters. The molecule has 2 rings (SSSR count). The van der Waals surface area contributed by atoms with Crippen LogP contribution in [0.3, 0.4) is 0 Å². The Bertz CT molecular complexity index is 740. The second-order valence-electron chi connectivity index (χ2n) is 6.79. The lowest BCUT2D eigenvalue weighted by atomic mass is 10.0. The first-order valence-electron chi connectivity index (χ1n) is 8.98. The van der Waals surface area contributed by atoms with Crippen molar-refractivity contribution in [1.82, 2.24) is 9.80 Å². The first-order valence-corrected chi connectivity index (χ1v) is 8.98. The van der Waals surface area contributed by atoms with Crippen molar-refractivity contribution in [2.75, 3.05) is 32.0 Å². The molecule has 3 amide bonds. The van der Waals surface area contributed by atoms with E-state index in [1.807, 2.05) is 0 Å². The zero-order valence-corrected chi connectivity index (χ0v) is 15.9. The number of benzene rings is 1. The van der Waals surface area contributed by atoms with Crippen molar-refractivity contribution in [2.45, 2.75) is 31.7 Å². The lowest BCUT2D eigenvalue weighted by Gasteiger charge is -2.34. The number of carbonyl (C=O) groups is 3. The summed E-state index contributed by atoms with van der Waals surface area (Å²) in [5.41, 5.74) is 5.64. The third kappa shape index (κ3) is 7.26. The number of likely N-dealkylation sites (N-methyl/N-ethyl adjacent to an activating group) is 1. The van der Waals surface area contributed by atoms with E-state index in [1.54, 1.807) is 7.05 Å². The van der Waals surface area contributed by atoms with Gasteiger partial charge in [0.25, 0.3) is 0 Å². The van der Waals surface area contributed by atoms with Gasteiger partial charge in [0, 0.05) is 12.2 Å². The van der Waals surface area contributed by atoms with E-state index in [0.29, 0.717) is 13.0 Å². The first kappa shape index (κ1) is 22.5. The normalized spacial score (nSPS) is 17.1. The number of nitrogens with zero attached hydrogens (tertiary/aromatic N) is 2. The summed E-state index contributed by atoms with van der Waals surface area (Å²) < 4.78 is 40.2. The van der Waals surface area contributed by atoms with Crippen LogP contribution in [-0.2, 0) is 14.4 Å². The molecule has 1 atom stereocenters. The summed E-state index contributed by atoms with van der Waals surface area (Å²) in [5, 5.41) is 2.53. The van der Waals surface area contributed by atoms with E-state index in [9.17, 15) is 27.6 Å². The number of halogens is 3. The highest BCUT2D eigenvalue weighted by Crippen LogP contribution is 2.24. The van der Waals surface area contributed by atoms with Gasteiger partial charge < -0.3 is 20.7 Å². The number of amides is 3. The van der Waals surface area contributed by atoms with Crippen LogP contribution in [0.4, 0.5) is 18.9 Å². The van der Waals surface area contributed by atoms with Gasteiger partial charge in [0.1, 0.15) is 11.8 Å². The van der Waals surface area contributed by atoms with Crippen LogP contribution in [-0.4, -0.2) is 66.6 Å². The van der Waals surface area contributed by atoms with Gasteiger partial charge in [0.15, 0.2) is 0 Å². The lowest BCUT2D eigenvalue weighted by molar-refractivity contribution is -0.274. The SMILES string of the molecule is CN(CC(=O)Nc1ccc(OC(F)(F)F)cc1)CC(=O)N1CCCC[C@H]1C(N)=O. The third-order valence-electron chi connectivity index (χ3n) is 4.34. The molecule has 11 heteroatoms. The summed E-state index contributed by atoms with van der Waals surface area (Å²) in [4.78, 5) is 39.0. The zero-order chi connectivity index (χ0) is 21.6. The lowest BCUT2D eigenvalue weighted by Crippen LogP contribution is -2.53. The number of hydrogen-bond donors (Lipinski definition) is 2. The minimum atomic E-state index is -4.79. The van der Waals surface area contributed by atoms with Crippen LogP contribution in [0.1, 0.15) is 19.3 Å². The molecule has 1 aromatic carbocycles. The average molecular weight is 416 g/mol. The molecule has 160 valence electrons. The number of ether oxygens (including phenoxy) is 1. The van der Waals surface area contributed by atoms with Gasteiger partial charge in [0.05, 0.1) is 13.1 Å². The van der Waals surface area contributed by atoms with Crippen LogP contribution in [0.2, 0.25) is 0 Å². The summed E-state index contributed by atoms with van der Waals surface area (Å²) in [5.74, 6) is -1.69. The fourth-order valence-electron chi connectivity index (χ4n) is 3.09. The number of alkyl halides is 3. The molecule has 0 spiro atoms. The van der Waals surface area contributed by atoms with Crippen molar-refractivity contribution >= 4 is 23.4 Å². The van der Waals surface area contributed by atoms with Crippen molar-refractivity contribution in [3.8, 4) is 5.75 Å². The maximum absolute atomic E-state index is 12.5. The highest BCUT2D eigenvalue weighted by Gasteiger charge is 2.32. The number of nitrogens with two attached hydrogens (primary N) is 1. The molecule has 29 heavy (non-hydrogen) atoms. The Hall–Kier alpha value is -2.82. The molecule has 1 aliphatic rings. The van der Waals surface area contributed by atoms with Crippen LogP contribution in [0.5, 0.6) is 5.75 Å². The Kier molecular flexibility index (Phi) is 7.43. The Labute approximate surface area is 165 Å². The van der Waals surface area contributed by atoms with Gasteiger partial charge in [-0.05, 0) is 50.6 Å². The van der Waals surface area contributed by atoms with Crippen molar-refractivity contribution in [3.63, 3.8) is 0 Å². The molecular weight excluding hydrogens is 393 g/mol. The van der Waals surface area contributed by atoms with E-state index in [2.05, 4.69) is 10.1 Å². The van der Waals surface area contributed by atoms with Crippen molar-refractivity contribution < 1.29 is 32.3 Å². The number of rotatable bonds is 7. The summed E-state index contributed by atoms with van der Waals surface area (Å²) in [6, 6.07) is 4.08. The summed E-state index contributed by atoms with van der Waals surface area (Å²) in [6.45, 7) is 0.246. The molecule has 3 N–H and O–H groups in total. The number of likely N-dealkylation sites (tertiary alicyclic amines) is 1. The quantitative estimate of drug-likeness (QED) is 0.698. The predicted octanol–water partition coefficient (Wildman–Crippen LogP) is 1.32. The van der Waals surface area contributed by atoms with Gasteiger partial charge in [-0.25, -0.2) is 0 Å². The molecule has 1 aromatic rings. The molecule has 0 radical (unpaired) electrons. The molecule has 0 aromatic heterocycles. The largest absolute Gasteiger partial charge is 0.573 e. The number of anilines is 1. The average Bonchev–Trinajstić information content (AvgIpc) is 2.61. The van der Waals surface area contributed by atoms with E-state index in [-0.39, 0.29) is 24.7 Å². The van der Waals surface area contributed by atoms with Crippen LogP contribution in [0, 0.1) is 0 Å². The highest BCUT2D eigenvalue weighted by atomic mass is 19.4. The van der Waals surface area contributed by atoms with Crippen LogP contribution in [0.15, 0.2) is 24.3 Å². The number of piperidine rings is 1. The molecule has 0 bridgehead atoms. The van der Waals surface area contributed by atoms with E-state index in [1.165, 1.54) is 21.9 Å². The monoisotopic (exact) mass is 416 g/mol. The third-order valence-corrected chi connectivity index (χ3v) is 4.34. The highest BCUT2D eigenvalue weighted by molar-refractivity contribution is 5.93. The molecule has 0 saturated carbocycles. The van der Waals surface area contributed by atoms with Gasteiger partial charge in [-0.3, -0.25) is 19.3 Å². The Morgan fingerprint density at radius 1 is 1.21 bits per heavy atom. The maximum Gasteiger partial charge on any atom is 0.573 e. The topological polar surface area (TPSA) is 105 Å². The fourth-order valence-corrected chi connectivity index (χ4v) is 3.09. The first-order chi connectivity index (χ1) is 13.5. The smallest absolute Gasteiger partial charge is 0.406 e. The summed E-state index contributed by atoms with van der Waals surface area (Å²) >= 11 is 0. The second-order valence-corrected chi connectivity index (χ2v) is 6.79. The van der Waals surface area contributed by atoms with Crippen molar-refractivity contribution in [1.29, 1.82) is 0 Å². The Morgan fingerprint density at radius 2 is 1.86 bits per heavy atom. The van der Waals surface area contributed by atoms with Crippen molar-refractivity contribution in [2.24, 2.45) is 5.73 Å². The van der Waals surface area contributed by atoms with Crippen LogP contribution < -0.4 is 15.8 Å². The van der Waals surface area contributed by atoms with E-state index >= 15 is 0 Å². The molecule has 1 fully saturated rings. The maximum atomic E-state index is 12.5. The predicted molar refractivity (Wildman–Crippen MR) is 97.8 cm³/mol. The van der Waals surface area contributed by atoms with Gasteiger partial charge in [-0.1, -0.05) is 0 Å². The van der Waals surface area contributed by atoms with E-state index in [4.69, 9.17) is 5.73 Å². The Morgan fingerprint density at radius 3 is 2.45 bits per heavy atom. The van der Waals surface area contributed by atoms with Crippen LogP contribution >= 0.6 is 0 Å². The molecular formula is C18H23F3N4O4. The molecule has 1 saturated heterocycles. The van der Waals surface area contributed by atoms with Gasteiger partial charge in [0.2, 0.25) is 17.7 Å². The van der Waals surface area contributed by atoms with Gasteiger partial charge >= 0.3 is 6.36 Å². The molecule has 0 aliphatic carbocycles. The van der Waals surface area contributed by atoms with Gasteiger partial charge in [-0.15, -0.1) is 13.2 Å². The minimum absolute atomic E-state index is 0.0738. The zero-order valence-electron chi connectivity index (χ0n) is 15.9. The number of nitrogens with one attached hydrogen (secondary N) is 1. The number of primary amides is 1. The second kappa shape index (κ2) is 9.59. The minimum Gasteiger partial charge on any atom is -0.406 e. The van der Waals surface area contributed by atoms with Gasteiger partial charge in [-0.2, -0.15) is 0 Å². The molecule has 1 heterocycles. The summed E-state index contributed by atoms with van der Waals surface area (Å²) in [7, 11) is 1.57. The number of hydrogen-bond acceptors (Lipinski definition) is 5. The Balaban J connectivity index is 1.84. The molecule has 8 nitrogen and oxygen atoms in total. The van der Waals surface area contributed by atoms with E-state index in [0.717, 1.165) is 25.0 Å². The van der Waals surface area contributed by atoms with E-state index < -0.39 is 30.0 Å². The fraction of sp³-hybridized carbons (Fsp3) is 0.500. The van der Waals surface area contributed by atoms with Crippen molar-refractivity contribution in [3.05, 3.63) is 24.3 Å². The number of carbonyl (C=O) groups excluding carboxylic acids is 3. The standard InChI is InChI=1S/C18H23F3N4O4/c1-24(11-16(27)25-9-3-2-4-14(25)17(22)28)10-15(26)23-12-5-7-13(8-6-12)29-18(19,20)21/h5-8,14H,2-4,9-11H2,1H3,(H2,22,28)(H,23,26)/t14-/m0/s1. The summed E-state index contributed by atoms with van der Waals surface area (Å²) in [6.07, 6.45) is -2.66. The van der Waals surface area contributed by atoms with Crippen LogP contribution in [0.25, 0.3) is 0 Å². The molecule has 1 aliphatic heterocycles.